The number of nitrogens with zero attached hydrogens (tertiary/aromatic N) is 1. The zero-order valence-electron chi connectivity index (χ0n) is 18.7. The highest BCUT2D eigenvalue weighted by Gasteiger charge is 2.72. The molecule has 6 atom stereocenters. The molecule has 1 saturated carbocycles. The molecule has 2 bridgehead atoms. The highest BCUT2D eigenvalue weighted by atomic mass is 16.5. The Morgan fingerprint density at radius 1 is 1.24 bits per heavy atom. The third kappa shape index (κ3) is 2.76. The van der Waals surface area contributed by atoms with Gasteiger partial charge in [0.05, 0.1) is 11.0 Å². The number of hydrogen-bond acceptors (Lipinski definition) is 6. The van der Waals surface area contributed by atoms with E-state index in [1.807, 2.05) is 36.4 Å². The molecule has 0 radical (unpaired) electrons. The first kappa shape index (κ1) is 21.0. The topological polar surface area (TPSA) is 102 Å². The Labute approximate surface area is 193 Å². The number of likely N-dealkylation sites (tertiary alicyclic amines) is 1. The van der Waals surface area contributed by atoms with Crippen LogP contribution in [0.2, 0.25) is 0 Å². The highest BCUT2D eigenvalue weighted by molar-refractivity contribution is 5.74. The Bertz CT molecular complexity index is 1110. The maximum atomic E-state index is 12.2. The van der Waals surface area contributed by atoms with Gasteiger partial charge in [0.15, 0.2) is 11.5 Å². The second kappa shape index (κ2) is 7.19. The summed E-state index contributed by atoms with van der Waals surface area (Å²) in [7, 11) is 2.07. The van der Waals surface area contributed by atoms with Gasteiger partial charge in [0, 0.05) is 17.6 Å². The first-order valence-electron chi connectivity index (χ1n) is 11.8. The third-order valence-electron chi connectivity index (χ3n) is 8.73. The van der Waals surface area contributed by atoms with Crippen molar-refractivity contribution in [3.8, 4) is 11.5 Å². The van der Waals surface area contributed by atoms with Crippen molar-refractivity contribution in [1.82, 2.24) is 10.2 Å². The lowest BCUT2D eigenvalue weighted by Crippen LogP contribution is -2.78. The van der Waals surface area contributed by atoms with Crippen molar-refractivity contribution in [2.24, 2.45) is 0 Å². The number of aliphatic hydroxyl groups is 1. The molecule has 7 heteroatoms. The maximum Gasteiger partial charge on any atom is 0.321 e. The van der Waals surface area contributed by atoms with E-state index in [1.54, 1.807) is 6.07 Å². The zero-order chi connectivity index (χ0) is 23.0. The summed E-state index contributed by atoms with van der Waals surface area (Å²) in [6.07, 6.45) is 2.52. The molecule has 2 fully saturated rings. The van der Waals surface area contributed by atoms with Gasteiger partial charge in [-0.05, 0) is 62.9 Å². The summed E-state index contributed by atoms with van der Waals surface area (Å²) >= 11 is 0. The number of hydrogen-bond donors (Lipinski definition) is 4. The molecule has 4 aliphatic rings. The van der Waals surface area contributed by atoms with Crippen LogP contribution < -0.4 is 10.1 Å². The number of carboxylic acids is 1. The van der Waals surface area contributed by atoms with Crippen LogP contribution >= 0.6 is 0 Å². The van der Waals surface area contributed by atoms with Gasteiger partial charge in [-0.1, -0.05) is 36.4 Å². The van der Waals surface area contributed by atoms with Crippen LogP contribution in [0.3, 0.4) is 0 Å². The summed E-state index contributed by atoms with van der Waals surface area (Å²) < 4.78 is 6.47. The van der Waals surface area contributed by atoms with E-state index in [9.17, 15) is 20.1 Å². The summed E-state index contributed by atoms with van der Waals surface area (Å²) in [5.74, 6) is -0.334. The molecule has 2 aromatic carbocycles. The number of phenols is 1. The maximum absolute atomic E-state index is 12.2. The fraction of sp³-hybridized carbons (Fsp3) is 0.500. The van der Waals surface area contributed by atoms with Gasteiger partial charge >= 0.3 is 5.97 Å². The summed E-state index contributed by atoms with van der Waals surface area (Å²) in [5, 5.41) is 36.3. The number of likely N-dealkylation sites (N-methyl/N-ethyl adjacent to an activating group) is 1. The number of piperidine rings is 1. The minimum absolute atomic E-state index is 0.0270. The van der Waals surface area contributed by atoms with Crippen LogP contribution in [0.25, 0.3) is 0 Å². The van der Waals surface area contributed by atoms with Gasteiger partial charge in [-0.2, -0.15) is 0 Å². The number of ether oxygens (including phenoxy) is 1. The molecule has 0 aromatic heterocycles. The monoisotopic (exact) mass is 450 g/mol. The largest absolute Gasteiger partial charge is 0.504 e. The van der Waals surface area contributed by atoms with Crippen LogP contribution in [-0.4, -0.2) is 69.6 Å². The molecule has 2 aromatic rings. The number of carboxylic acid groups (broad SMARTS) is 1. The second-order valence-electron chi connectivity index (χ2n) is 10.2. The molecule has 2 aliphatic heterocycles. The summed E-state index contributed by atoms with van der Waals surface area (Å²) in [4.78, 5) is 14.4. The van der Waals surface area contributed by atoms with Crippen LogP contribution in [0.1, 0.15) is 36.0 Å². The molecule has 7 nitrogen and oxygen atoms in total. The molecule has 174 valence electrons. The van der Waals surface area contributed by atoms with Crippen LogP contribution in [0.4, 0.5) is 0 Å². The number of nitrogens with one attached hydrogen (secondary N) is 1. The average Bonchev–Trinajstić information content (AvgIpc) is 3.16. The molecule has 1 unspecified atom stereocenters. The number of phenolic OH excluding ortho intramolecular Hbond substituents is 1. The second-order valence-corrected chi connectivity index (χ2v) is 10.2. The van der Waals surface area contributed by atoms with Crippen LogP contribution in [-0.2, 0) is 23.1 Å². The number of rotatable bonds is 5. The molecule has 0 amide bonds. The zero-order valence-corrected chi connectivity index (χ0v) is 18.7. The Hall–Kier alpha value is -2.61. The quantitative estimate of drug-likeness (QED) is 0.551. The van der Waals surface area contributed by atoms with E-state index >= 15 is 0 Å². The fourth-order valence-corrected chi connectivity index (χ4v) is 7.25. The van der Waals surface area contributed by atoms with Crippen LogP contribution in [0.5, 0.6) is 11.5 Å². The minimum atomic E-state index is -0.979. The minimum Gasteiger partial charge on any atom is -0.504 e. The van der Waals surface area contributed by atoms with Gasteiger partial charge in [-0.3, -0.25) is 10.1 Å². The SMILES string of the molecule is CN1CC[C@]23c4c5ccc(O)c4O[C@H]2[C@H](N[C@@H](Cc2ccccc2)C(=O)O)CC[C@@]3(O)C1C5. The summed E-state index contributed by atoms with van der Waals surface area (Å²) in [5.41, 5.74) is 1.38. The summed E-state index contributed by atoms with van der Waals surface area (Å²) in [6, 6.07) is 12.2. The first-order valence-corrected chi connectivity index (χ1v) is 11.8. The average molecular weight is 451 g/mol. The summed E-state index contributed by atoms with van der Waals surface area (Å²) in [6.45, 7) is 0.820. The van der Waals surface area contributed by atoms with Crippen molar-refractivity contribution >= 4 is 5.97 Å². The van der Waals surface area contributed by atoms with E-state index in [2.05, 4.69) is 17.3 Å². The smallest absolute Gasteiger partial charge is 0.321 e. The normalized spacial score (nSPS) is 34.9. The van der Waals surface area contributed by atoms with Gasteiger partial charge in [-0.25, -0.2) is 0 Å². The lowest BCUT2D eigenvalue weighted by molar-refractivity contribution is -0.187. The lowest BCUT2D eigenvalue weighted by Gasteiger charge is -2.63. The Morgan fingerprint density at radius 2 is 2.03 bits per heavy atom. The predicted molar refractivity (Wildman–Crippen MR) is 122 cm³/mol. The Kier molecular flexibility index (Phi) is 4.57. The van der Waals surface area contributed by atoms with Crippen LogP contribution in [0, 0.1) is 0 Å². The lowest BCUT2D eigenvalue weighted by atomic mass is 9.48. The Morgan fingerprint density at radius 3 is 2.79 bits per heavy atom. The van der Waals surface area contributed by atoms with E-state index in [-0.39, 0.29) is 17.8 Å². The predicted octanol–water partition coefficient (Wildman–Crippen LogP) is 1.83. The molecule has 1 spiro atoms. The molecule has 2 heterocycles. The number of aliphatic carboxylic acids is 1. The van der Waals surface area contributed by atoms with Crippen molar-refractivity contribution in [3.63, 3.8) is 0 Å². The molecule has 4 N–H and O–H groups in total. The fourth-order valence-electron chi connectivity index (χ4n) is 7.25. The Balaban J connectivity index is 1.40. The van der Waals surface area contributed by atoms with Gasteiger partial charge in [0.2, 0.25) is 0 Å². The van der Waals surface area contributed by atoms with E-state index < -0.39 is 29.1 Å². The molecular formula is C26H30N2O5. The van der Waals surface area contributed by atoms with Crippen molar-refractivity contribution < 1.29 is 24.9 Å². The molecule has 33 heavy (non-hydrogen) atoms. The van der Waals surface area contributed by atoms with Gasteiger partial charge in [-0.15, -0.1) is 0 Å². The van der Waals surface area contributed by atoms with Gasteiger partial charge < -0.3 is 25.0 Å². The van der Waals surface area contributed by atoms with Crippen molar-refractivity contribution in [2.75, 3.05) is 13.6 Å². The van der Waals surface area contributed by atoms with Crippen LogP contribution in [0.15, 0.2) is 42.5 Å². The van der Waals surface area contributed by atoms with E-state index in [4.69, 9.17) is 4.74 Å². The molecule has 2 aliphatic carbocycles. The number of benzene rings is 2. The first-order chi connectivity index (χ1) is 15.8. The molecule has 6 rings (SSSR count). The highest BCUT2D eigenvalue weighted by Crippen LogP contribution is 2.65. The number of carbonyl (C=O) groups is 1. The number of aromatic hydroxyl groups is 1. The third-order valence-corrected chi connectivity index (χ3v) is 8.73. The van der Waals surface area contributed by atoms with Gasteiger partial charge in [0.1, 0.15) is 12.1 Å². The van der Waals surface area contributed by atoms with E-state index in [0.717, 1.165) is 29.7 Å². The van der Waals surface area contributed by atoms with Crippen molar-refractivity contribution in [3.05, 3.63) is 59.2 Å². The molecule has 1 saturated heterocycles. The van der Waals surface area contributed by atoms with E-state index in [0.29, 0.717) is 31.4 Å². The van der Waals surface area contributed by atoms with E-state index in [1.165, 1.54) is 0 Å². The molecular weight excluding hydrogens is 420 g/mol. The van der Waals surface area contributed by atoms with Gasteiger partial charge in [0.25, 0.3) is 0 Å². The standard InChI is InChI=1S/C26H30N2O5/c1-28-12-11-25-21-16-7-8-19(29)22(21)33-23(25)17(9-10-26(25,32)20(28)14-16)27-18(24(30)31)13-15-5-3-2-4-6-15/h2-8,17-18,20,23,27,29,32H,9-14H2,1H3,(H,30,31)/t17-,18+,20?,23+,25+,26-/m1/s1. The van der Waals surface area contributed by atoms with Crippen molar-refractivity contribution in [2.45, 2.75) is 67.3 Å². The van der Waals surface area contributed by atoms with Crippen molar-refractivity contribution in [1.29, 1.82) is 0 Å².